The van der Waals surface area contributed by atoms with Crippen molar-refractivity contribution in [2.75, 3.05) is 0 Å². The second-order valence-electron chi connectivity index (χ2n) is 5.32. The van der Waals surface area contributed by atoms with Crippen molar-refractivity contribution >= 4 is 11.8 Å². The summed E-state index contributed by atoms with van der Waals surface area (Å²) in [6.07, 6.45) is 1.79. The predicted octanol–water partition coefficient (Wildman–Crippen LogP) is 4.47. The highest BCUT2D eigenvalue weighted by Crippen LogP contribution is 2.23. The minimum atomic E-state index is -0.234. The van der Waals surface area contributed by atoms with Crippen LogP contribution in [0.3, 0.4) is 0 Å². The molecule has 0 aliphatic rings. The molecule has 0 saturated heterocycles. The van der Waals surface area contributed by atoms with Crippen LogP contribution in [0.5, 0.6) is 5.75 Å². The molecule has 1 heterocycles. The summed E-state index contributed by atoms with van der Waals surface area (Å²) in [4.78, 5) is 0. The summed E-state index contributed by atoms with van der Waals surface area (Å²) in [7, 11) is 0. The maximum Gasteiger partial charge on any atom is 0.191 e. The third-order valence-electron chi connectivity index (χ3n) is 3.47. The number of nitrogens with zero attached hydrogens (tertiary/aromatic N) is 3. The van der Waals surface area contributed by atoms with E-state index in [4.69, 9.17) is 4.74 Å². The van der Waals surface area contributed by atoms with Crippen molar-refractivity contribution in [3.8, 4) is 5.75 Å². The van der Waals surface area contributed by atoms with E-state index in [0.29, 0.717) is 18.9 Å². The van der Waals surface area contributed by atoms with Crippen LogP contribution in [0.25, 0.3) is 0 Å². The lowest BCUT2D eigenvalue weighted by atomic mass is 10.2. The number of thioether (sulfide) groups is 1. The molecule has 1 aromatic heterocycles. The minimum absolute atomic E-state index is 0.234. The average molecular weight is 355 g/mol. The van der Waals surface area contributed by atoms with Crippen molar-refractivity contribution in [2.45, 2.75) is 24.1 Å². The van der Waals surface area contributed by atoms with E-state index < -0.39 is 0 Å². The molecule has 0 amide bonds. The highest BCUT2D eigenvalue weighted by atomic mass is 32.2. The fraction of sp³-hybridized carbons (Fsp3) is 0.158. The molecule has 0 unspecified atom stereocenters. The van der Waals surface area contributed by atoms with E-state index in [1.807, 2.05) is 41.0 Å². The van der Waals surface area contributed by atoms with E-state index >= 15 is 0 Å². The Hall–Kier alpha value is -2.60. The van der Waals surface area contributed by atoms with Gasteiger partial charge in [-0.15, -0.1) is 16.8 Å². The molecule has 3 rings (SSSR count). The Morgan fingerprint density at radius 1 is 1.12 bits per heavy atom. The average Bonchev–Trinajstić information content (AvgIpc) is 3.01. The number of hydrogen-bond donors (Lipinski definition) is 0. The zero-order valence-electron chi connectivity index (χ0n) is 13.6. The Labute approximate surface area is 150 Å². The summed E-state index contributed by atoms with van der Waals surface area (Å²) in [6.45, 7) is 4.70. The van der Waals surface area contributed by atoms with Gasteiger partial charge in [-0.1, -0.05) is 48.2 Å². The normalized spacial score (nSPS) is 10.6. The van der Waals surface area contributed by atoms with Crippen molar-refractivity contribution in [3.05, 3.63) is 84.5 Å². The molecule has 0 N–H and O–H groups in total. The molecule has 0 saturated carbocycles. The topological polar surface area (TPSA) is 39.9 Å². The van der Waals surface area contributed by atoms with Crippen molar-refractivity contribution in [2.24, 2.45) is 0 Å². The molecule has 4 nitrogen and oxygen atoms in total. The highest BCUT2D eigenvalue weighted by Gasteiger charge is 2.12. The van der Waals surface area contributed by atoms with Crippen LogP contribution in [0.2, 0.25) is 0 Å². The number of para-hydroxylation sites is 1. The van der Waals surface area contributed by atoms with Crippen LogP contribution < -0.4 is 4.74 Å². The van der Waals surface area contributed by atoms with Crippen molar-refractivity contribution in [3.63, 3.8) is 0 Å². The molecule has 0 aliphatic carbocycles. The fourth-order valence-electron chi connectivity index (χ4n) is 2.28. The van der Waals surface area contributed by atoms with Gasteiger partial charge in [0.15, 0.2) is 11.0 Å². The van der Waals surface area contributed by atoms with Crippen LogP contribution in [0.15, 0.2) is 72.4 Å². The van der Waals surface area contributed by atoms with Crippen LogP contribution in [-0.2, 0) is 18.9 Å². The largest absolute Gasteiger partial charge is 0.486 e. The molecule has 0 spiro atoms. The lowest BCUT2D eigenvalue weighted by Crippen LogP contribution is -2.07. The number of aromatic nitrogens is 3. The molecule has 6 heteroatoms. The number of halogens is 1. The minimum Gasteiger partial charge on any atom is -0.486 e. The maximum atomic E-state index is 13.3. The lowest BCUT2D eigenvalue weighted by Gasteiger charge is -2.09. The second kappa shape index (κ2) is 8.48. The van der Waals surface area contributed by atoms with Crippen LogP contribution in [-0.4, -0.2) is 14.8 Å². The zero-order chi connectivity index (χ0) is 17.5. The third kappa shape index (κ3) is 4.70. The smallest absolute Gasteiger partial charge is 0.191 e. The van der Waals surface area contributed by atoms with Gasteiger partial charge in [0.1, 0.15) is 18.2 Å². The van der Waals surface area contributed by atoms with Gasteiger partial charge in [0.2, 0.25) is 0 Å². The first-order chi connectivity index (χ1) is 12.3. The first-order valence-electron chi connectivity index (χ1n) is 7.84. The van der Waals surface area contributed by atoms with E-state index in [0.717, 1.165) is 22.3 Å². The second-order valence-corrected chi connectivity index (χ2v) is 6.26. The monoisotopic (exact) mass is 355 g/mol. The Kier molecular flexibility index (Phi) is 5.85. The number of benzene rings is 2. The lowest BCUT2D eigenvalue weighted by molar-refractivity contribution is 0.289. The van der Waals surface area contributed by atoms with Crippen LogP contribution in [0.4, 0.5) is 4.39 Å². The van der Waals surface area contributed by atoms with Crippen LogP contribution >= 0.6 is 11.8 Å². The van der Waals surface area contributed by atoms with Gasteiger partial charge in [-0.2, -0.15) is 0 Å². The number of allylic oxidation sites excluding steroid dienone is 1. The van der Waals surface area contributed by atoms with Gasteiger partial charge in [0, 0.05) is 12.3 Å². The maximum absolute atomic E-state index is 13.3. The Morgan fingerprint density at radius 2 is 1.96 bits per heavy atom. The van der Waals surface area contributed by atoms with Gasteiger partial charge >= 0.3 is 0 Å². The van der Waals surface area contributed by atoms with Crippen molar-refractivity contribution in [1.82, 2.24) is 14.8 Å². The molecule has 2 aromatic carbocycles. The van der Waals surface area contributed by atoms with Crippen LogP contribution in [0.1, 0.15) is 11.4 Å². The summed E-state index contributed by atoms with van der Waals surface area (Å²) >= 11 is 1.51. The van der Waals surface area contributed by atoms with Crippen molar-refractivity contribution < 1.29 is 9.13 Å². The molecule has 0 radical (unpaired) electrons. The van der Waals surface area contributed by atoms with E-state index in [1.165, 1.54) is 23.9 Å². The third-order valence-corrected chi connectivity index (χ3v) is 4.51. The molecular weight excluding hydrogens is 337 g/mol. The van der Waals surface area contributed by atoms with E-state index in [-0.39, 0.29) is 5.82 Å². The number of rotatable bonds is 8. The SMILES string of the molecule is C=CCn1c(COc2ccccc2)nnc1SCc1cccc(F)c1. The van der Waals surface area contributed by atoms with Gasteiger partial charge in [-0.3, -0.25) is 4.57 Å². The summed E-state index contributed by atoms with van der Waals surface area (Å²) in [6, 6.07) is 16.1. The number of ether oxygens (including phenoxy) is 1. The zero-order valence-corrected chi connectivity index (χ0v) is 14.5. The Balaban J connectivity index is 1.69. The predicted molar refractivity (Wildman–Crippen MR) is 97.0 cm³/mol. The van der Waals surface area contributed by atoms with Crippen molar-refractivity contribution in [1.29, 1.82) is 0 Å². The van der Waals surface area contributed by atoms with Gasteiger partial charge in [0.05, 0.1) is 0 Å². The van der Waals surface area contributed by atoms with E-state index in [9.17, 15) is 4.39 Å². The highest BCUT2D eigenvalue weighted by molar-refractivity contribution is 7.98. The fourth-order valence-corrected chi connectivity index (χ4v) is 3.19. The first-order valence-corrected chi connectivity index (χ1v) is 8.83. The molecule has 25 heavy (non-hydrogen) atoms. The molecule has 0 aliphatic heterocycles. The molecule has 0 atom stereocenters. The summed E-state index contributed by atoms with van der Waals surface area (Å²) < 4.78 is 21.0. The number of hydrogen-bond acceptors (Lipinski definition) is 4. The molecule has 0 bridgehead atoms. The Bertz CT molecular complexity index is 836. The molecular formula is C19H18FN3OS. The summed E-state index contributed by atoms with van der Waals surface area (Å²) in [5, 5.41) is 9.22. The molecule has 0 fully saturated rings. The molecule has 128 valence electrons. The van der Waals surface area contributed by atoms with Gasteiger partial charge in [0.25, 0.3) is 0 Å². The first kappa shape index (κ1) is 17.2. The van der Waals surface area contributed by atoms with E-state index in [1.54, 1.807) is 12.1 Å². The Morgan fingerprint density at radius 3 is 2.72 bits per heavy atom. The van der Waals surface area contributed by atoms with Gasteiger partial charge in [-0.25, -0.2) is 4.39 Å². The standard InChI is InChI=1S/C19H18FN3OS/c1-2-11-23-18(13-24-17-9-4-3-5-10-17)21-22-19(23)25-14-15-7-6-8-16(20)12-15/h2-10,12H,1,11,13-14H2. The summed E-state index contributed by atoms with van der Waals surface area (Å²) in [5.41, 5.74) is 0.903. The van der Waals surface area contributed by atoms with E-state index in [2.05, 4.69) is 16.8 Å². The quantitative estimate of drug-likeness (QED) is 0.441. The summed E-state index contributed by atoms with van der Waals surface area (Å²) in [5.74, 6) is 1.89. The molecule has 3 aromatic rings. The van der Waals surface area contributed by atoms with Gasteiger partial charge in [-0.05, 0) is 29.8 Å². The van der Waals surface area contributed by atoms with Crippen LogP contribution in [0, 0.1) is 5.82 Å². The van der Waals surface area contributed by atoms with Gasteiger partial charge < -0.3 is 4.74 Å².